The van der Waals surface area contributed by atoms with Crippen LogP contribution >= 0.6 is 11.6 Å². The molecule has 1 aromatic rings. The molecule has 0 aliphatic carbocycles. The zero-order valence-corrected chi connectivity index (χ0v) is 14.0. The summed E-state index contributed by atoms with van der Waals surface area (Å²) in [6.45, 7) is 1.52. The first-order valence-electron chi connectivity index (χ1n) is 5.97. The summed E-state index contributed by atoms with van der Waals surface area (Å²) < 4.78 is 50.4. The Balaban J connectivity index is 3.50. The maximum atomic E-state index is 12.5. The summed E-state index contributed by atoms with van der Waals surface area (Å²) in [6, 6.07) is 5.63. The Hall–Kier alpha value is -0.630. The van der Waals surface area contributed by atoms with Crippen molar-refractivity contribution in [3.63, 3.8) is 0 Å². The van der Waals surface area contributed by atoms with Crippen LogP contribution in [0.25, 0.3) is 0 Å². The number of rotatable bonds is 6. The smallest absolute Gasteiger partial charge is 0.223 e. The third-order valence-corrected chi connectivity index (χ3v) is 7.44. The molecule has 0 spiro atoms. The van der Waals surface area contributed by atoms with Gasteiger partial charge in [-0.15, -0.1) is 11.6 Å². The third-order valence-electron chi connectivity index (χ3n) is 2.96. The quantitative estimate of drug-likeness (QED) is 0.740. The molecule has 8 heteroatoms. The molecule has 1 atom stereocenters. The molecule has 20 heavy (non-hydrogen) atoms. The molecule has 5 nitrogen and oxygen atoms in total. The van der Waals surface area contributed by atoms with Gasteiger partial charge < -0.3 is 0 Å². The SMILES string of the molecule is CC(CCCl)S(=O)(=O)c1ccccc1S(=O)(=O)N(C)C. The maximum Gasteiger partial charge on any atom is 0.243 e. The van der Waals surface area contributed by atoms with Crippen molar-refractivity contribution in [1.29, 1.82) is 0 Å². The second kappa shape index (κ2) is 6.43. The predicted molar refractivity (Wildman–Crippen MR) is 79.3 cm³/mol. The molecular formula is C12H18ClNO4S2. The Morgan fingerprint density at radius 2 is 1.60 bits per heavy atom. The Morgan fingerprint density at radius 3 is 2.05 bits per heavy atom. The molecule has 0 saturated carbocycles. The van der Waals surface area contributed by atoms with Crippen LogP contribution in [-0.2, 0) is 19.9 Å². The number of halogens is 1. The summed E-state index contributed by atoms with van der Waals surface area (Å²) in [5.41, 5.74) is 0. The molecule has 0 fully saturated rings. The van der Waals surface area contributed by atoms with E-state index >= 15 is 0 Å². The van der Waals surface area contributed by atoms with E-state index in [2.05, 4.69) is 0 Å². The third kappa shape index (κ3) is 3.33. The van der Waals surface area contributed by atoms with Crippen LogP contribution in [0.3, 0.4) is 0 Å². The van der Waals surface area contributed by atoms with Crippen LogP contribution in [0.1, 0.15) is 13.3 Å². The van der Waals surface area contributed by atoms with Gasteiger partial charge in [-0.05, 0) is 25.5 Å². The van der Waals surface area contributed by atoms with Gasteiger partial charge >= 0.3 is 0 Å². The number of sulfonamides is 1. The van der Waals surface area contributed by atoms with Crippen molar-refractivity contribution in [2.75, 3.05) is 20.0 Å². The van der Waals surface area contributed by atoms with Crippen molar-refractivity contribution in [1.82, 2.24) is 4.31 Å². The largest absolute Gasteiger partial charge is 0.243 e. The monoisotopic (exact) mass is 339 g/mol. The van der Waals surface area contributed by atoms with Crippen LogP contribution in [0.5, 0.6) is 0 Å². The molecule has 0 aromatic heterocycles. The number of benzene rings is 1. The molecular weight excluding hydrogens is 322 g/mol. The lowest BCUT2D eigenvalue weighted by Gasteiger charge is -2.17. The molecule has 0 saturated heterocycles. The average molecular weight is 340 g/mol. The molecule has 114 valence electrons. The number of nitrogens with zero attached hydrogens (tertiary/aromatic N) is 1. The highest BCUT2D eigenvalue weighted by Crippen LogP contribution is 2.27. The minimum atomic E-state index is -3.82. The van der Waals surface area contributed by atoms with Gasteiger partial charge in [-0.3, -0.25) is 0 Å². The summed E-state index contributed by atoms with van der Waals surface area (Å²) in [5, 5.41) is -0.737. The van der Waals surface area contributed by atoms with Gasteiger partial charge in [-0.2, -0.15) is 0 Å². The van der Waals surface area contributed by atoms with Crippen molar-refractivity contribution in [3.05, 3.63) is 24.3 Å². The van der Waals surface area contributed by atoms with E-state index in [1.165, 1.54) is 45.3 Å². The fraction of sp³-hybridized carbons (Fsp3) is 0.500. The van der Waals surface area contributed by atoms with Crippen LogP contribution in [0.2, 0.25) is 0 Å². The molecule has 1 unspecified atom stereocenters. The summed E-state index contributed by atoms with van der Waals surface area (Å²) in [5.74, 6) is 0.197. The van der Waals surface area contributed by atoms with Gasteiger partial charge in [-0.1, -0.05) is 12.1 Å². The van der Waals surface area contributed by atoms with Crippen molar-refractivity contribution < 1.29 is 16.8 Å². The highest BCUT2D eigenvalue weighted by Gasteiger charge is 2.31. The normalized spacial score (nSPS) is 14.4. The topological polar surface area (TPSA) is 71.5 Å². The van der Waals surface area contributed by atoms with E-state index in [0.717, 1.165) is 4.31 Å². The van der Waals surface area contributed by atoms with E-state index in [1.807, 2.05) is 0 Å². The molecule has 0 amide bonds. The molecule has 0 aliphatic heterocycles. The van der Waals surface area contributed by atoms with Crippen molar-refractivity contribution in [2.24, 2.45) is 0 Å². The lowest BCUT2D eigenvalue weighted by atomic mass is 10.4. The standard InChI is InChI=1S/C12H18ClNO4S2/c1-10(8-9-13)19(15,16)11-6-4-5-7-12(11)20(17,18)14(2)3/h4-7,10H,8-9H2,1-3H3. The molecule has 0 bridgehead atoms. The Morgan fingerprint density at radius 1 is 1.10 bits per heavy atom. The van der Waals surface area contributed by atoms with E-state index in [1.54, 1.807) is 0 Å². The van der Waals surface area contributed by atoms with Crippen LogP contribution < -0.4 is 0 Å². The first-order valence-corrected chi connectivity index (χ1v) is 9.49. The van der Waals surface area contributed by atoms with Gasteiger partial charge in [-0.25, -0.2) is 21.1 Å². The van der Waals surface area contributed by atoms with Crippen LogP contribution in [0.15, 0.2) is 34.1 Å². The minimum Gasteiger partial charge on any atom is -0.223 e. The summed E-state index contributed by atoms with van der Waals surface area (Å²) >= 11 is 5.58. The number of hydrogen-bond donors (Lipinski definition) is 0. The van der Waals surface area contributed by atoms with Gasteiger partial charge in [0.15, 0.2) is 9.84 Å². The highest BCUT2D eigenvalue weighted by atomic mass is 35.5. The second-order valence-corrected chi connectivity index (χ2v) is 9.40. The van der Waals surface area contributed by atoms with E-state index in [0.29, 0.717) is 0 Å². The fourth-order valence-electron chi connectivity index (χ4n) is 1.62. The van der Waals surface area contributed by atoms with Gasteiger partial charge in [0.2, 0.25) is 10.0 Å². The lowest BCUT2D eigenvalue weighted by Crippen LogP contribution is -2.26. The summed E-state index contributed by atoms with van der Waals surface area (Å²) in [4.78, 5) is -0.377. The predicted octanol–water partition coefficient (Wildman–Crippen LogP) is 1.73. The van der Waals surface area contributed by atoms with Crippen molar-refractivity contribution in [2.45, 2.75) is 28.4 Å². The Labute approximate surface area is 125 Å². The number of alkyl halides is 1. The Kier molecular flexibility index (Phi) is 5.60. The number of sulfone groups is 1. The number of hydrogen-bond acceptors (Lipinski definition) is 4. The summed E-state index contributed by atoms with van der Waals surface area (Å²) in [7, 11) is -4.83. The van der Waals surface area contributed by atoms with E-state index in [-0.39, 0.29) is 22.1 Å². The van der Waals surface area contributed by atoms with Crippen LogP contribution in [0.4, 0.5) is 0 Å². The van der Waals surface area contributed by atoms with Crippen molar-refractivity contribution in [3.8, 4) is 0 Å². The first-order chi connectivity index (χ1) is 9.15. The van der Waals surface area contributed by atoms with Crippen LogP contribution in [-0.4, -0.2) is 46.4 Å². The van der Waals surface area contributed by atoms with E-state index in [9.17, 15) is 16.8 Å². The Bertz CT molecular complexity index is 668. The molecule has 0 aliphatic rings. The maximum absolute atomic E-state index is 12.5. The zero-order chi connectivity index (χ0) is 15.6. The molecule has 1 aromatic carbocycles. The first kappa shape index (κ1) is 17.4. The van der Waals surface area contributed by atoms with Gasteiger partial charge in [0.25, 0.3) is 0 Å². The van der Waals surface area contributed by atoms with Gasteiger partial charge in [0.05, 0.1) is 10.1 Å². The average Bonchev–Trinajstić information content (AvgIpc) is 2.38. The molecule has 1 rings (SSSR count). The summed E-state index contributed by atoms with van der Waals surface area (Å²) in [6.07, 6.45) is 0.264. The van der Waals surface area contributed by atoms with Crippen molar-refractivity contribution >= 4 is 31.5 Å². The fourth-order valence-corrected chi connectivity index (χ4v) is 5.19. The zero-order valence-electron chi connectivity index (χ0n) is 11.6. The van der Waals surface area contributed by atoms with Crippen LogP contribution in [0, 0.1) is 0 Å². The van der Waals surface area contributed by atoms with E-state index in [4.69, 9.17) is 11.6 Å². The van der Waals surface area contributed by atoms with Gasteiger partial charge in [0.1, 0.15) is 4.90 Å². The highest BCUT2D eigenvalue weighted by molar-refractivity contribution is 7.94. The molecule has 0 N–H and O–H groups in total. The molecule has 0 heterocycles. The minimum absolute atomic E-state index is 0.175. The van der Waals surface area contributed by atoms with E-state index < -0.39 is 25.1 Å². The van der Waals surface area contributed by atoms with Gasteiger partial charge in [0, 0.05) is 20.0 Å². The lowest BCUT2D eigenvalue weighted by molar-refractivity contribution is 0.516. The second-order valence-electron chi connectivity index (χ2n) is 4.57. The molecule has 0 radical (unpaired) electrons.